The number of carbonyl (C=O) groups excluding carboxylic acids is 1. The zero-order valence-corrected chi connectivity index (χ0v) is 10.8. The molecule has 0 rings (SSSR count). The molecule has 0 aromatic carbocycles. The maximum absolute atomic E-state index is 10.4. The molecule has 0 aliphatic carbocycles. The smallest absolute Gasteiger partial charge is 0.547 e. The summed E-state index contributed by atoms with van der Waals surface area (Å²) < 4.78 is 5.12. The van der Waals surface area contributed by atoms with Gasteiger partial charge in [0.25, 0.3) is 0 Å². The van der Waals surface area contributed by atoms with Gasteiger partial charge in [-0.05, 0) is 12.8 Å². The number of ether oxygens (including phenoxy) is 1. The third-order valence-electron chi connectivity index (χ3n) is 1.63. The Labute approximate surface area is 102 Å². The van der Waals surface area contributed by atoms with E-state index in [0.717, 1.165) is 19.3 Å². The van der Waals surface area contributed by atoms with Crippen LogP contribution in [0.5, 0.6) is 0 Å². The minimum atomic E-state index is -1.09. The van der Waals surface area contributed by atoms with E-state index in [1.165, 1.54) is 0 Å². The maximum atomic E-state index is 10.4. The minimum Gasteiger partial charge on any atom is -0.547 e. The van der Waals surface area contributed by atoms with Crippen LogP contribution in [0.15, 0.2) is 0 Å². The van der Waals surface area contributed by atoms with Crippen molar-refractivity contribution >= 4 is 5.97 Å². The van der Waals surface area contributed by atoms with E-state index < -0.39 is 12.1 Å². The van der Waals surface area contributed by atoms with E-state index in [1.807, 2.05) is 13.8 Å². The van der Waals surface area contributed by atoms with Crippen LogP contribution >= 0.6 is 0 Å². The van der Waals surface area contributed by atoms with Gasteiger partial charge in [-0.25, -0.2) is 0 Å². The molecule has 1 unspecified atom stereocenters. The Morgan fingerprint density at radius 2 is 2.00 bits per heavy atom. The molecule has 4 heteroatoms. The van der Waals surface area contributed by atoms with Gasteiger partial charge < -0.3 is 14.6 Å². The summed E-state index contributed by atoms with van der Waals surface area (Å²) in [4.78, 5) is 10.4. The Morgan fingerprint density at radius 1 is 1.38 bits per heavy atom. The molecule has 0 N–H and O–H groups in total. The second kappa shape index (κ2) is 10.5. The zero-order valence-electron chi connectivity index (χ0n) is 8.84. The molecule has 13 heavy (non-hydrogen) atoms. The van der Waals surface area contributed by atoms with Crippen molar-refractivity contribution in [2.24, 2.45) is 0 Å². The van der Waals surface area contributed by atoms with E-state index in [4.69, 9.17) is 4.74 Å². The SMILES string of the molecule is CCCCOC(CCC)C(=O)[O-].[Na+]. The fourth-order valence-corrected chi connectivity index (χ4v) is 0.901. The number of hydrogen-bond donors (Lipinski definition) is 0. The number of carboxylic acid groups (broad SMARTS) is 1. The van der Waals surface area contributed by atoms with Crippen LogP contribution in [0.1, 0.15) is 39.5 Å². The molecule has 0 spiro atoms. The molecule has 0 aliphatic rings. The van der Waals surface area contributed by atoms with Crippen molar-refractivity contribution < 1.29 is 44.2 Å². The summed E-state index contributed by atoms with van der Waals surface area (Å²) in [6, 6.07) is 0. The van der Waals surface area contributed by atoms with E-state index >= 15 is 0 Å². The van der Waals surface area contributed by atoms with Crippen LogP contribution < -0.4 is 34.7 Å². The molecule has 1 atom stereocenters. The molecule has 3 nitrogen and oxygen atoms in total. The van der Waals surface area contributed by atoms with Gasteiger partial charge in [0.15, 0.2) is 0 Å². The van der Waals surface area contributed by atoms with Crippen molar-refractivity contribution in [2.45, 2.75) is 45.6 Å². The summed E-state index contributed by atoms with van der Waals surface area (Å²) in [5, 5.41) is 10.4. The van der Waals surface area contributed by atoms with Crippen molar-refractivity contribution in [1.29, 1.82) is 0 Å². The average molecular weight is 196 g/mol. The largest absolute Gasteiger partial charge is 1.00 e. The first-order valence-corrected chi connectivity index (χ1v) is 4.54. The summed E-state index contributed by atoms with van der Waals surface area (Å²) in [6.07, 6.45) is 2.58. The molecule has 0 aromatic heterocycles. The first kappa shape index (κ1) is 15.9. The molecule has 0 saturated carbocycles. The van der Waals surface area contributed by atoms with Gasteiger partial charge in [0.1, 0.15) is 0 Å². The normalized spacial score (nSPS) is 11.8. The third kappa shape index (κ3) is 8.75. The number of carboxylic acids is 1. The van der Waals surface area contributed by atoms with Gasteiger partial charge in [0.2, 0.25) is 0 Å². The summed E-state index contributed by atoms with van der Waals surface area (Å²) in [7, 11) is 0. The Morgan fingerprint density at radius 3 is 2.38 bits per heavy atom. The summed E-state index contributed by atoms with van der Waals surface area (Å²) >= 11 is 0. The fraction of sp³-hybridized carbons (Fsp3) is 0.889. The Bertz CT molecular complexity index is 128. The monoisotopic (exact) mass is 196 g/mol. The zero-order chi connectivity index (χ0) is 9.40. The van der Waals surface area contributed by atoms with Crippen molar-refractivity contribution in [3.63, 3.8) is 0 Å². The Kier molecular flexibility index (Phi) is 12.8. The maximum Gasteiger partial charge on any atom is 1.00 e. The van der Waals surface area contributed by atoms with Crippen molar-refractivity contribution in [2.75, 3.05) is 6.61 Å². The summed E-state index contributed by atoms with van der Waals surface area (Å²) in [6.45, 7) is 4.49. The van der Waals surface area contributed by atoms with E-state index in [1.54, 1.807) is 0 Å². The van der Waals surface area contributed by atoms with Crippen LogP contribution in [0.25, 0.3) is 0 Å². The number of carbonyl (C=O) groups is 1. The molecule has 0 amide bonds. The molecule has 0 aliphatic heterocycles. The van der Waals surface area contributed by atoms with Crippen LogP contribution in [0.4, 0.5) is 0 Å². The molecule has 0 heterocycles. The van der Waals surface area contributed by atoms with Crippen LogP contribution in [0.3, 0.4) is 0 Å². The Hall–Kier alpha value is 0.430. The fourth-order valence-electron chi connectivity index (χ4n) is 0.901. The van der Waals surface area contributed by atoms with Crippen LogP contribution in [-0.2, 0) is 9.53 Å². The second-order valence-electron chi connectivity index (χ2n) is 2.82. The van der Waals surface area contributed by atoms with E-state index in [0.29, 0.717) is 13.0 Å². The van der Waals surface area contributed by atoms with E-state index in [9.17, 15) is 9.90 Å². The van der Waals surface area contributed by atoms with Crippen LogP contribution in [0, 0.1) is 0 Å². The third-order valence-corrected chi connectivity index (χ3v) is 1.63. The molecular weight excluding hydrogens is 179 g/mol. The molecule has 72 valence electrons. The van der Waals surface area contributed by atoms with Crippen LogP contribution in [-0.4, -0.2) is 18.7 Å². The quantitative estimate of drug-likeness (QED) is 0.341. The number of rotatable bonds is 7. The molecule has 0 bridgehead atoms. The summed E-state index contributed by atoms with van der Waals surface area (Å²) in [5.41, 5.74) is 0. The standard InChI is InChI=1S/C9H18O3.Na/c1-3-5-7-12-8(6-4-2)9(10)11;/h8H,3-7H2,1-2H3,(H,10,11);/q;+1/p-1. The van der Waals surface area contributed by atoms with Crippen molar-refractivity contribution in [3.05, 3.63) is 0 Å². The molecular formula is C9H17NaO3. The molecule has 0 aromatic rings. The summed E-state index contributed by atoms with van der Waals surface area (Å²) in [5.74, 6) is -1.09. The second-order valence-corrected chi connectivity index (χ2v) is 2.82. The number of aliphatic carboxylic acids is 1. The van der Waals surface area contributed by atoms with Crippen molar-refractivity contribution in [1.82, 2.24) is 0 Å². The van der Waals surface area contributed by atoms with Crippen molar-refractivity contribution in [3.8, 4) is 0 Å². The van der Waals surface area contributed by atoms with Crippen LogP contribution in [0.2, 0.25) is 0 Å². The van der Waals surface area contributed by atoms with E-state index in [-0.39, 0.29) is 29.6 Å². The van der Waals surface area contributed by atoms with Gasteiger partial charge >= 0.3 is 29.6 Å². The first-order chi connectivity index (χ1) is 5.72. The topological polar surface area (TPSA) is 49.4 Å². The predicted octanol–water partition coefficient (Wildman–Crippen LogP) is -2.27. The van der Waals surface area contributed by atoms with Gasteiger partial charge in [-0.3, -0.25) is 0 Å². The number of hydrogen-bond acceptors (Lipinski definition) is 3. The van der Waals surface area contributed by atoms with E-state index in [2.05, 4.69) is 0 Å². The molecule has 0 saturated heterocycles. The van der Waals surface area contributed by atoms with Gasteiger partial charge in [-0.15, -0.1) is 0 Å². The first-order valence-electron chi connectivity index (χ1n) is 4.54. The van der Waals surface area contributed by atoms with Gasteiger partial charge in [0, 0.05) is 6.61 Å². The predicted molar refractivity (Wildman–Crippen MR) is 44.6 cm³/mol. The number of unbranched alkanes of at least 4 members (excludes halogenated alkanes) is 1. The van der Waals surface area contributed by atoms with Gasteiger partial charge in [-0.1, -0.05) is 26.7 Å². The van der Waals surface area contributed by atoms with Gasteiger partial charge in [-0.2, -0.15) is 0 Å². The average Bonchev–Trinajstić information content (AvgIpc) is 2.03. The van der Waals surface area contributed by atoms with Gasteiger partial charge in [0.05, 0.1) is 12.1 Å². The molecule has 0 radical (unpaired) electrons. The minimum absolute atomic E-state index is 0. The Balaban J connectivity index is 0. The molecule has 0 fully saturated rings.